The number of nitrogens with one attached hydrogen (secondary N) is 1. The average molecular weight is 271 g/mol. The second-order valence-electron chi connectivity index (χ2n) is 4.63. The van der Waals surface area contributed by atoms with Gasteiger partial charge in [-0.25, -0.2) is 4.98 Å². The maximum Gasteiger partial charge on any atom is 0.243 e. The van der Waals surface area contributed by atoms with Crippen LogP contribution in [-0.2, 0) is 12.8 Å². The van der Waals surface area contributed by atoms with Crippen molar-refractivity contribution < 1.29 is 0 Å². The number of hydrogen-bond acceptors (Lipinski definition) is 5. The predicted molar refractivity (Wildman–Crippen MR) is 80.4 cm³/mol. The van der Waals surface area contributed by atoms with E-state index in [9.17, 15) is 0 Å². The molecule has 0 aliphatic heterocycles. The van der Waals surface area contributed by atoms with Crippen molar-refractivity contribution in [2.24, 2.45) is 5.73 Å². The SMILES string of the molecule is CCc1nnc(NCC(N)c2ccccc2)nc1CC. The van der Waals surface area contributed by atoms with E-state index < -0.39 is 0 Å². The molecule has 1 unspecified atom stereocenters. The van der Waals surface area contributed by atoms with Crippen LogP contribution in [0.2, 0.25) is 0 Å². The first-order chi connectivity index (χ1) is 9.74. The van der Waals surface area contributed by atoms with Crippen LogP contribution in [-0.4, -0.2) is 21.7 Å². The Morgan fingerprint density at radius 1 is 1.05 bits per heavy atom. The number of benzene rings is 1. The van der Waals surface area contributed by atoms with E-state index in [1.165, 1.54) is 0 Å². The molecule has 0 aliphatic rings. The van der Waals surface area contributed by atoms with Crippen LogP contribution in [0.15, 0.2) is 30.3 Å². The van der Waals surface area contributed by atoms with Gasteiger partial charge in [-0.05, 0) is 18.4 Å². The molecule has 106 valence electrons. The van der Waals surface area contributed by atoms with Gasteiger partial charge in [-0.1, -0.05) is 44.2 Å². The average Bonchev–Trinajstić information content (AvgIpc) is 2.53. The lowest BCUT2D eigenvalue weighted by Crippen LogP contribution is -2.22. The van der Waals surface area contributed by atoms with Crippen molar-refractivity contribution in [3.63, 3.8) is 0 Å². The summed E-state index contributed by atoms with van der Waals surface area (Å²) >= 11 is 0. The number of rotatable bonds is 6. The molecule has 3 N–H and O–H groups in total. The van der Waals surface area contributed by atoms with Gasteiger partial charge in [0.1, 0.15) is 0 Å². The predicted octanol–water partition coefficient (Wildman–Crippen LogP) is 2.11. The van der Waals surface area contributed by atoms with Gasteiger partial charge in [0.15, 0.2) is 0 Å². The molecular formula is C15H21N5. The van der Waals surface area contributed by atoms with E-state index in [0.29, 0.717) is 12.5 Å². The molecule has 0 spiro atoms. The lowest BCUT2D eigenvalue weighted by atomic mass is 10.1. The summed E-state index contributed by atoms with van der Waals surface area (Å²) in [6, 6.07) is 9.90. The van der Waals surface area contributed by atoms with Gasteiger partial charge in [-0.2, -0.15) is 5.10 Å². The molecule has 5 heteroatoms. The molecule has 1 aromatic carbocycles. The topological polar surface area (TPSA) is 76.7 Å². The van der Waals surface area contributed by atoms with Crippen molar-refractivity contribution in [1.29, 1.82) is 0 Å². The molecule has 1 aromatic heterocycles. The fraction of sp³-hybridized carbons (Fsp3) is 0.400. The fourth-order valence-electron chi connectivity index (χ4n) is 2.03. The van der Waals surface area contributed by atoms with Crippen LogP contribution in [0.5, 0.6) is 0 Å². The Kier molecular flexibility index (Phi) is 5.01. The minimum atomic E-state index is -0.0873. The summed E-state index contributed by atoms with van der Waals surface area (Å²) in [6.45, 7) is 4.71. The smallest absolute Gasteiger partial charge is 0.243 e. The third-order valence-electron chi connectivity index (χ3n) is 3.22. The second kappa shape index (κ2) is 6.96. The molecule has 1 heterocycles. The number of aryl methyl sites for hydroxylation is 2. The van der Waals surface area contributed by atoms with Crippen LogP contribution >= 0.6 is 0 Å². The second-order valence-corrected chi connectivity index (χ2v) is 4.63. The van der Waals surface area contributed by atoms with Crippen LogP contribution < -0.4 is 11.1 Å². The number of nitrogens with zero attached hydrogens (tertiary/aromatic N) is 3. The van der Waals surface area contributed by atoms with E-state index >= 15 is 0 Å². The van der Waals surface area contributed by atoms with E-state index in [1.807, 2.05) is 30.3 Å². The first-order valence-electron chi connectivity index (χ1n) is 7.01. The lowest BCUT2D eigenvalue weighted by Gasteiger charge is -2.13. The summed E-state index contributed by atoms with van der Waals surface area (Å²) in [5, 5.41) is 11.5. The molecule has 0 bridgehead atoms. The van der Waals surface area contributed by atoms with Gasteiger partial charge in [-0.15, -0.1) is 5.10 Å². The van der Waals surface area contributed by atoms with Gasteiger partial charge >= 0.3 is 0 Å². The first-order valence-corrected chi connectivity index (χ1v) is 7.01. The number of hydrogen-bond donors (Lipinski definition) is 2. The Labute approximate surface area is 119 Å². The highest BCUT2D eigenvalue weighted by Gasteiger charge is 2.08. The van der Waals surface area contributed by atoms with Gasteiger partial charge in [0, 0.05) is 12.6 Å². The molecule has 5 nitrogen and oxygen atoms in total. The monoisotopic (exact) mass is 271 g/mol. The zero-order valence-corrected chi connectivity index (χ0v) is 12.0. The summed E-state index contributed by atoms with van der Waals surface area (Å²) in [6.07, 6.45) is 1.71. The van der Waals surface area contributed by atoms with E-state index in [4.69, 9.17) is 5.73 Å². The molecular weight excluding hydrogens is 250 g/mol. The largest absolute Gasteiger partial charge is 0.351 e. The molecule has 0 saturated heterocycles. The highest BCUT2D eigenvalue weighted by Crippen LogP contribution is 2.11. The Balaban J connectivity index is 2.00. The molecule has 0 fully saturated rings. The first kappa shape index (κ1) is 14.4. The summed E-state index contributed by atoms with van der Waals surface area (Å²) < 4.78 is 0. The lowest BCUT2D eigenvalue weighted by molar-refractivity contribution is 0.745. The van der Waals surface area contributed by atoms with Gasteiger partial charge < -0.3 is 11.1 Å². The molecule has 0 radical (unpaired) electrons. The highest BCUT2D eigenvalue weighted by molar-refractivity contribution is 5.28. The van der Waals surface area contributed by atoms with Crippen molar-refractivity contribution >= 4 is 5.95 Å². The van der Waals surface area contributed by atoms with E-state index in [2.05, 4.69) is 34.3 Å². The molecule has 0 saturated carbocycles. The van der Waals surface area contributed by atoms with Gasteiger partial charge in [0.05, 0.1) is 11.4 Å². The Morgan fingerprint density at radius 3 is 2.40 bits per heavy atom. The Morgan fingerprint density at radius 2 is 1.75 bits per heavy atom. The van der Waals surface area contributed by atoms with Crippen molar-refractivity contribution in [3.05, 3.63) is 47.3 Å². The maximum atomic E-state index is 6.13. The molecule has 20 heavy (non-hydrogen) atoms. The van der Waals surface area contributed by atoms with Crippen LogP contribution in [0.4, 0.5) is 5.95 Å². The standard InChI is InChI=1S/C15H21N5/c1-3-13-14(4-2)19-20-15(18-13)17-10-12(16)11-8-6-5-7-9-11/h5-9,12H,3-4,10,16H2,1-2H3,(H,17,18,20). The molecule has 0 amide bonds. The zero-order valence-electron chi connectivity index (χ0n) is 12.0. The van der Waals surface area contributed by atoms with Crippen molar-refractivity contribution in [1.82, 2.24) is 15.2 Å². The maximum absolute atomic E-state index is 6.13. The highest BCUT2D eigenvalue weighted by atomic mass is 15.2. The van der Waals surface area contributed by atoms with Crippen LogP contribution in [0.25, 0.3) is 0 Å². The van der Waals surface area contributed by atoms with E-state index in [0.717, 1.165) is 29.8 Å². The summed E-state index contributed by atoms with van der Waals surface area (Å²) in [5.74, 6) is 0.547. The summed E-state index contributed by atoms with van der Waals surface area (Å²) in [4.78, 5) is 4.49. The number of aromatic nitrogens is 3. The minimum Gasteiger partial charge on any atom is -0.351 e. The fourth-order valence-corrected chi connectivity index (χ4v) is 2.03. The molecule has 2 rings (SSSR count). The van der Waals surface area contributed by atoms with Crippen molar-refractivity contribution in [3.8, 4) is 0 Å². The zero-order chi connectivity index (χ0) is 14.4. The van der Waals surface area contributed by atoms with Crippen molar-refractivity contribution in [2.75, 3.05) is 11.9 Å². The van der Waals surface area contributed by atoms with Gasteiger partial charge in [0.2, 0.25) is 5.95 Å². The molecule has 1 atom stereocenters. The van der Waals surface area contributed by atoms with E-state index in [-0.39, 0.29) is 6.04 Å². The van der Waals surface area contributed by atoms with Crippen LogP contribution in [0.1, 0.15) is 36.8 Å². The quantitative estimate of drug-likeness (QED) is 0.841. The molecule has 0 aliphatic carbocycles. The Bertz CT molecular complexity index is 541. The third-order valence-corrected chi connectivity index (χ3v) is 3.22. The van der Waals surface area contributed by atoms with Crippen molar-refractivity contribution in [2.45, 2.75) is 32.7 Å². The third kappa shape index (κ3) is 3.51. The van der Waals surface area contributed by atoms with Gasteiger partial charge in [0.25, 0.3) is 0 Å². The molecule has 2 aromatic rings. The minimum absolute atomic E-state index is 0.0873. The van der Waals surface area contributed by atoms with Crippen LogP contribution in [0, 0.1) is 0 Å². The van der Waals surface area contributed by atoms with Crippen LogP contribution in [0.3, 0.4) is 0 Å². The van der Waals surface area contributed by atoms with E-state index in [1.54, 1.807) is 0 Å². The Hall–Kier alpha value is -2.01. The number of nitrogens with two attached hydrogens (primary N) is 1. The number of anilines is 1. The summed E-state index contributed by atoms with van der Waals surface area (Å²) in [5.41, 5.74) is 9.18. The summed E-state index contributed by atoms with van der Waals surface area (Å²) in [7, 11) is 0. The normalized spacial score (nSPS) is 12.2. The van der Waals surface area contributed by atoms with Gasteiger partial charge in [-0.3, -0.25) is 0 Å².